The summed E-state index contributed by atoms with van der Waals surface area (Å²) in [4.78, 5) is 0. The van der Waals surface area contributed by atoms with Gasteiger partial charge in [0.2, 0.25) is 5.79 Å². The first kappa shape index (κ1) is 10.2. The summed E-state index contributed by atoms with van der Waals surface area (Å²) in [5.74, 6) is 0.488. The van der Waals surface area contributed by atoms with E-state index in [9.17, 15) is 0 Å². The van der Waals surface area contributed by atoms with E-state index < -0.39 is 5.79 Å². The molecule has 0 radical (unpaired) electrons. The highest BCUT2D eigenvalue weighted by Gasteiger charge is 2.39. The Morgan fingerprint density at radius 3 is 2.56 bits per heavy atom. The van der Waals surface area contributed by atoms with E-state index in [4.69, 9.17) is 9.47 Å². The van der Waals surface area contributed by atoms with Crippen LogP contribution in [0.4, 0.5) is 0 Å². The molecule has 0 aromatic heterocycles. The maximum Gasteiger partial charge on any atom is 0.205 e. The summed E-state index contributed by atoms with van der Waals surface area (Å²) in [6.07, 6.45) is 2.61. The number of ether oxygens (including phenoxy) is 2. The van der Waals surface area contributed by atoms with Crippen LogP contribution in [0.2, 0.25) is 0 Å². The van der Waals surface area contributed by atoms with Gasteiger partial charge in [-0.25, -0.2) is 0 Å². The van der Waals surface area contributed by atoms with Crippen LogP contribution in [0.5, 0.6) is 5.75 Å². The summed E-state index contributed by atoms with van der Waals surface area (Å²) in [5.41, 5.74) is 3.03. The average molecular weight is 218 g/mol. The lowest BCUT2D eigenvalue weighted by atomic mass is 9.96. The minimum Gasteiger partial charge on any atom is -0.463 e. The fourth-order valence-electron chi connectivity index (χ4n) is 2.19. The first-order chi connectivity index (χ1) is 7.49. The predicted octanol–water partition coefficient (Wildman–Crippen LogP) is 3.38. The van der Waals surface area contributed by atoms with Gasteiger partial charge in [-0.3, -0.25) is 0 Å². The van der Waals surface area contributed by atoms with Crippen molar-refractivity contribution in [2.45, 2.75) is 51.4 Å². The molecular formula is C14H18O2. The van der Waals surface area contributed by atoms with Crippen molar-refractivity contribution in [3.63, 3.8) is 0 Å². The van der Waals surface area contributed by atoms with Crippen LogP contribution in [0.1, 0.15) is 44.7 Å². The Hall–Kier alpha value is -1.02. The molecule has 16 heavy (non-hydrogen) atoms. The van der Waals surface area contributed by atoms with Crippen molar-refractivity contribution < 1.29 is 9.47 Å². The molecule has 1 saturated carbocycles. The van der Waals surface area contributed by atoms with Crippen molar-refractivity contribution in [2.75, 3.05) is 0 Å². The normalized spacial score (nSPS) is 24.4. The van der Waals surface area contributed by atoms with Crippen LogP contribution in [-0.2, 0) is 16.8 Å². The zero-order valence-corrected chi connectivity index (χ0v) is 10.2. The molecular weight excluding hydrogens is 200 g/mol. The molecule has 1 aliphatic carbocycles. The number of rotatable bonds is 1. The molecule has 0 atom stereocenters. The Labute approximate surface area is 96.6 Å². The number of benzene rings is 1. The van der Waals surface area contributed by atoms with E-state index in [0.29, 0.717) is 12.0 Å². The molecule has 1 aromatic carbocycles. The summed E-state index contributed by atoms with van der Waals surface area (Å²) >= 11 is 0. The first-order valence-electron chi connectivity index (χ1n) is 5.95. The summed E-state index contributed by atoms with van der Waals surface area (Å²) in [6.45, 7) is 6.88. The third-order valence-electron chi connectivity index (χ3n) is 3.69. The lowest BCUT2D eigenvalue weighted by molar-refractivity contribution is -0.180. The lowest BCUT2D eigenvalue weighted by Gasteiger charge is -2.33. The van der Waals surface area contributed by atoms with E-state index in [0.717, 1.165) is 5.75 Å². The maximum atomic E-state index is 5.79. The molecule has 1 heterocycles. The quantitative estimate of drug-likeness (QED) is 0.719. The lowest BCUT2D eigenvalue weighted by Crippen LogP contribution is -2.35. The summed E-state index contributed by atoms with van der Waals surface area (Å²) in [7, 11) is 0. The van der Waals surface area contributed by atoms with Crippen molar-refractivity contribution in [3.05, 3.63) is 29.3 Å². The fraction of sp³-hybridized carbons (Fsp3) is 0.571. The predicted molar refractivity (Wildman–Crippen MR) is 62.5 cm³/mol. The highest BCUT2D eigenvalue weighted by Crippen LogP contribution is 2.48. The van der Waals surface area contributed by atoms with Gasteiger partial charge in [-0.1, -0.05) is 13.0 Å². The van der Waals surface area contributed by atoms with E-state index in [1.165, 1.54) is 24.0 Å². The van der Waals surface area contributed by atoms with E-state index in [1.807, 2.05) is 13.8 Å². The molecule has 3 rings (SSSR count). The zero-order chi connectivity index (χ0) is 11.4. The van der Waals surface area contributed by atoms with Crippen LogP contribution >= 0.6 is 0 Å². The standard InChI is InChI=1S/C14H18O2/c1-13(2)15-9-10-8-11(14(3)6-7-14)4-5-12(10)16-13/h4-5,8H,6-7,9H2,1-3H3. The van der Waals surface area contributed by atoms with Gasteiger partial charge in [0.05, 0.1) is 6.61 Å². The molecule has 0 N–H and O–H groups in total. The Morgan fingerprint density at radius 2 is 1.88 bits per heavy atom. The minimum atomic E-state index is -0.488. The summed E-state index contributed by atoms with van der Waals surface area (Å²) in [5, 5.41) is 0. The smallest absolute Gasteiger partial charge is 0.205 e. The van der Waals surface area contributed by atoms with E-state index in [2.05, 4.69) is 25.1 Å². The van der Waals surface area contributed by atoms with Crippen molar-refractivity contribution in [3.8, 4) is 5.75 Å². The Kier molecular flexibility index (Phi) is 1.91. The minimum absolute atomic E-state index is 0.419. The van der Waals surface area contributed by atoms with Gasteiger partial charge in [0, 0.05) is 19.4 Å². The maximum absolute atomic E-state index is 5.79. The van der Waals surface area contributed by atoms with Gasteiger partial charge >= 0.3 is 0 Å². The van der Waals surface area contributed by atoms with E-state index in [-0.39, 0.29) is 0 Å². The number of fused-ring (bicyclic) bond motifs is 1. The second kappa shape index (κ2) is 3.01. The monoisotopic (exact) mass is 218 g/mol. The molecule has 0 spiro atoms. The third-order valence-corrected chi connectivity index (χ3v) is 3.69. The van der Waals surface area contributed by atoms with Crippen molar-refractivity contribution in [1.82, 2.24) is 0 Å². The van der Waals surface area contributed by atoms with Gasteiger partial charge in [-0.15, -0.1) is 0 Å². The summed E-state index contributed by atoms with van der Waals surface area (Å²) < 4.78 is 11.4. The molecule has 2 heteroatoms. The van der Waals surface area contributed by atoms with Crippen LogP contribution in [0.25, 0.3) is 0 Å². The average Bonchev–Trinajstić information content (AvgIpc) is 2.96. The van der Waals surface area contributed by atoms with Crippen LogP contribution in [0.3, 0.4) is 0 Å². The molecule has 2 aliphatic rings. The van der Waals surface area contributed by atoms with Gasteiger partial charge < -0.3 is 9.47 Å². The van der Waals surface area contributed by atoms with E-state index >= 15 is 0 Å². The topological polar surface area (TPSA) is 18.5 Å². The molecule has 1 aliphatic heterocycles. The second-order valence-corrected chi connectivity index (χ2v) is 5.67. The van der Waals surface area contributed by atoms with Crippen molar-refractivity contribution in [2.24, 2.45) is 0 Å². The van der Waals surface area contributed by atoms with Gasteiger partial charge in [0.1, 0.15) is 5.75 Å². The third kappa shape index (κ3) is 1.61. The van der Waals surface area contributed by atoms with Gasteiger partial charge in [0.15, 0.2) is 0 Å². The van der Waals surface area contributed by atoms with Gasteiger partial charge in [-0.05, 0) is 36.0 Å². The summed E-state index contributed by atoms with van der Waals surface area (Å²) in [6, 6.07) is 6.54. The van der Waals surface area contributed by atoms with Crippen molar-refractivity contribution >= 4 is 0 Å². The van der Waals surface area contributed by atoms with Gasteiger partial charge in [0.25, 0.3) is 0 Å². The van der Waals surface area contributed by atoms with Crippen LogP contribution < -0.4 is 4.74 Å². The molecule has 86 valence electrons. The van der Waals surface area contributed by atoms with Gasteiger partial charge in [-0.2, -0.15) is 0 Å². The Morgan fingerprint density at radius 1 is 1.12 bits per heavy atom. The van der Waals surface area contributed by atoms with Crippen LogP contribution in [0.15, 0.2) is 18.2 Å². The first-order valence-corrected chi connectivity index (χ1v) is 5.95. The number of hydrogen-bond acceptors (Lipinski definition) is 2. The zero-order valence-electron chi connectivity index (χ0n) is 10.2. The molecule has 0 amide bonds. The highest BCUT2D eigenvalue weighted by molar-refractivity contribution is 5.42. The molecule has 2 nitrogen and oxygen atoms in total. The fourth-order valence-corrected chi connectivity index (χ4v) is 2.19. The molecule has 1 fully saturated rings. The van der Waals surface area contributed by atoms with E-state index in [1.54, 1.807) is 0 Å². The molecule has 1 aromatic rings. The van der Waals surface area contributed by atoms with Crippen molar-refractivity contribution in [1.29, 1.82) is 0 Å². The molecule has 0 bridgehead atoms. The Bertz CT molecular complexity index is 430. The molecule has 0 unspecified atom stereocenters. The molecule has 0 saturated heterocycles. The highest BCUT2D eigenvalue weighted by atomic mass is 16.7. The van der Waals surface area contributed by atoms with Crippen LogP contribution in [0, 0.1) is 0 Å². The largest absolute Gasteiger partial charge is 0.463 e. The second-order valence-electron chi connectivity index (χ2n) is 5.67. The SMILES string of the molecule is CC1(C)OCc2cc(C3(C)CC3)ccc2O1. The number of hydrogen-bond donors (Lipinski definition) is 0. The van der Waals surface area contributed by atoms with Crippen LogP contribution in [-0.4, -0.2) is 5.79 Å². The Balaban J connectivity index is 1.95.